The molecule has 3 nitrogen and oxygen atoms in total. The maximum Gasteiger partial charge on any atom is 0.0715 e. The number of hydrogen-bond acceptors (Lipinski definition) is 3. The summed E-state index contributed by atoms with van der Waals surface area (Å²) in [7, 11) is 0. The lowest BCUT2D eigenvalue weighted by Crippen LogP contribution is -2.58. The van der Waals surface area contributed by atoms with Crippen LogP contribution in [0, 0.1) is 52.3 Å². The van der Waals surface area contributed by atoms with Crippen LogP contribution in [0.15, 0.2) is 0 Å². The number of fused-ring (bicyclic) bond motifs is 7. The van der Waals surface area contributed by atoms with E-state index in [9.17, 15) is 10.2 Å². The van der Waals surface area contributed by atoms with Gasteiger partial charge in [0.1, 0.15) is 0 Å². The molecule has 0 aromatic heterocycles. The molecule has 5 aliphatic carbocycles. The Hall–Kier alpha value is -0.120. The first-order valence-electron chi connectivity index (χ1n) is 13.7. The monoisotopic (exact) mass is 430 g/mol. The van der Waals surface area contributed by atoms with E-state index in [1.54, 1.807) is 0 Å². The molecule has 1 spiro atoms. The van der Waals surface area contributed by atoms with Gasteiger partial charge in [-0.05, 0) is 123 Å². The minimum Gasteiger partial charge on any atom is -0.393 e. The quantitative estimate of drug-likeness (QED) is 0.528. The lowest BCUT2D eigenvalue weighted by atomic mass is 9.43. The average molecular weight is 431 g/mol. The zero-order valence-corrected chi connectivity index (χ0v) is 20.4. The van der Waals surface area contributed by atoms with Crippen LogP contribution in [0.25, 0.3) is 0 Å². The zero-order valence-electron chi connectivity index (χ0n) is 20.4. The molecule has 0 radical (unpaired) electrons. The fraction of sp³-hybridized carbons (Fsp3) is 1.00. The largest absolute Gasteiger partial charge is 0.393 e. The van der Waals surface area contributed by atoms with E-state index in [-0.39, 0.29) is 23.2 Å². The van der Waals surface area contributed by atoms with Crippen LogP contribution >= 0.6 is 0 Å². The summed E-state index contributed by atoms with van der Waals surface area (Å²) in [5.41, 5.74) is 0.762. The molecule has 2 N–H and O–H groups in total. The Kier molecular flexibility index (Phi) is 4.80. The van der Waals surface area contributed by atoms with Crippen molar-refractivity contribution in [3.8, 4) is 0 Å². The van der Waals surface area contributed by atoms with Crippen molar-refractivity contribution in [2.24, 2.45) is 52.3 Å². The van der Waals surface area contributed by atoms with Crippen LogP contribution in [0.5, 0.6) is 0 Å². The molecule has 5 saturated carbocycles. The molecule has 0 bridgehead atoms. The minimum atomic E-state index is -0.228. The van der Waals surface area contributed by atoms with Crippen LogP contribution in [-0.4, -0.2) is 34.1 Å². The van der Waals surface area contributed by atoms with Gasteiger partial charge in [0.15, 0.2) is 0 Å². The van der Waals surface area contributed by atoms with E-state index in [0.717, 1.165) is 37.5 Å². The first-order valence-corrected chi connectivity index (χ1v) is 13.7. The van der Waals surface area contributed by atoms with E-state index < -0.39 is 0 Å². The number of hydrogen-bond donors (Lipinski definition) is 2. The average Bonchev–Trinajstić information content (AvgIpc) is 3.17. The molecule has 31 heavy (non-hydrogen) atoms. The highest BCUT2D eigenvalue weighted by atomic mass is 16.5. The molecule has 6 aliphatic rings. The summed E-state index contributed by atoms with van der Waals surface area (Å²) in [6, 6.07) is 0. The van der Waals surface area contributed by atoms with Crippen molar-refractivity contribution < 1.29 is 14.9 Å². The van der Waals surface area contributed by atoms with Gasteiger partial charge in [0, 0.05) is 0 Å². The van der Waals surface area contributed by atoms with Gasteiger partial charge in [-0.15, -0.1) is 0 Å². The predicted octanol–water partition coefficient (Wildman–Crippen LogP) is 5.57. The number of rotatable bonds is 0. The van der Waals surface area contributed by atoms with E-state index in [4.69, 9.17) is 4.74 Å². The number of ether oxygens (including phenoxy) is 1. The van der Waals surface area contributed by atoms with Gasteiger partial charge in [-0.2, -0.15) is 0 Å². The second kappa shape index (κ2) is 6.95. The highest BCUT2D eigenvalue weighted by Gasteiger charge is 2.69. The standard InChI is InChI=1S/C28H46O3/c1-16-5-11-28(12-6-16)17(2)25-24(31-28)15-21-19-14-23(30)22-13-18(29)7-9-26(22,3)20(19)8-10-27(21,25)4/h16-25,29-30H,5-15H2,1-4H3. The molecule has 0 aromatic rings. The van der Waals surface area contributed by atoms with Crippen molar-refractivity contribution in [3.63, 3.8) is 0 Å². The topological polar surface area (TPSA) is 49.7 Å². The Bertz CT molecular complexity index is 713. The maximum absolute atomic E-state index is 11.3. The van der Waals surface area contributed by atoms with Crippen LogP contribution in [-0.2, 0) is 4.74 Å². The number of aliphatic hydroxyl groups is 2. The summed E-state index contributed by atoms with van der Waals surface area (Å²) < 4.78 is 7.09. The fourth-order valence-corrected chi connectivity index (χ4v) is 10.9. The first-order chi connectivity index (χ1) is 14.7. The molecule has 176 valence electrons. The van der Waals surface area contributed by atoms with Crippen LogP contribution in [0.1, 0.15) is 98.3 Å². The molecular formula is C28H46O3. The van der Waals surface area contributed by atoms with Gasteiger partial charge >= 0.3 is 0 Å². The molecule has 6 fully saturated rings. The molecule has 11 atom stereocenters. The van der Waals surface area contributed by atoms with Gasteiger partial charge < -0.3 is 14.9 Å². The van der Waals surface area contributed by atoms with Crippen LogP contribution < -0.4 is 0 Å². The molecule has 1 heterocycles. The fourth-order valence-electron chi connectivity index (χ4n) is 10.9. The molecule has 3 heteroatoms. The Morgan fingerprint density at radius 3 is 2.19 bits per heavy atom. The summed E-state index contributed by atoms with van der Waals surface area (Å²) in [6.07, 6.45) is 13.0. The molecule has 0 amide bonds. The van der Waals surface area contributed by atoms with Gasteiger partial charge in [0.25, 0.3) is 0 Å². The predicted molar refractivity (Wildman–Crippen MR) is 122 cm³/mol. The summed E-state index contributed by atoms with van der Waals surface area (Å²) in [5, 5.41) is 21.6. The van der Waals surface area contributed by atoms with Crippen LogP contribution in [0.3, 0.4) is 0 Å². The number of aliphatic hydroxyl groups excluding tert-OH is 2. The molecule has 1 saturated heterocycles. The van der Waals surface area contributed by atoms with Crippen molar-refractivity contribution in [1.29, 1.82) is 0 Å². The smallest absolute Gasteiger partial charge is 0.0715 e. The summed E-state index contributed by atoms with van der Waals surface area (Å²) in [5.74, 6) is 4.64. The molecule has 0 aromatic carbocycles. The van der Waals surface area contributed by atoms with Gasteiger partial charge in [-0.3, -0.25) is 0 Å². The van der Waals surface area contributed by atoms with Crippen molar-refractivity contribution in [2.45, 2.75) is 122 Å². The van der Waals surface area contributed by atoms with Gasteiger partial charge in [-0.1, -0.05) is 27.7 Å². The second-order valence-electron chi connectivity index (χ2n) is 13.7. The highest BCUT2D eigenvalue weighted by molar-refractivity contribution is 5.17. The van der Waals surface area contributed by atoms with E-state index >= 15 is 0 Å². The molecule has 11 unspecified atom stereocenters. The molecule has 6 rings (SSSR count). The lowest BCUT2D eigenvalue weighted by molar-refractivity contribution is -0.175. The lowest BCUT2D eigenvalue weighted by Gasteiger charge is -2.62. The van der Waals surface area contributed by atoms with Crippen molar-refractivity contribution in [2.75, 3.05) is 0 Å². The summed E-state index contributed by atoms with van der Waals surface area (Å²) >= 11 is 0. The van der Waals surface area contributed by atoms with Gasteiger partial charge in [-0.25, -0.2) is 0 Å². The van der Waals surface area contributed by atoms with Crippen molar-refractivity contribution in [3.05, 3.63) is 0 Å². The Labute approximate surface area is 189 Å². The Morgan fingerprint density at radius 1 is 0.742 bits per heavy atom. The van der Waals surface area contributed by atoms with Crippen molar-refractivity contribution >= 4 is 0 Å². The van der Waals surface area contributed by atoms with E-state index in [2.05, 4.69) is 27.7 Å². The molecule has 1 aliphatic heterocycles. The van der Waals surface area contributed by atoms with E-state index in [1.165, 1.54) is 44.9 Å². The summed E-state index contributed by atoms with van der Waals surface area (Å²) in [4.78, 5) is 0. The van der Waals surface area contributed by atoms with E-state index in [0.29, 0.717) is 41.1 Å². The minimum absolute atomic E-state index is 0.162. The molecular weight excluding hydrogens is 384 g/mol. The van der Waals surface area contributed by atoms with Crippen LogP contribution in [0.2, 0.25) is 0 Å². The normalized spacial score (nSPS) is 63.3. The SMILES string of the molecule is CC1CCC2(CC1)OC1CC3C4CC(O)C5CC(O)CCC5(C)C4CCC3(C)C1C2C. The van der Waals surface area contributed by atoms with Crippen molar-refractivity contribution in [1.82, 2.24) is 0 Å². The third kappa shape index (κ3) is 2.81. The van der Waals surface area contributed by atoms with Gasteiger partial charge in [0.05, 0.1) is 23.9 Å². The van der Waals surface area contributed by atoms with Crippen LogP contribution in [0.4, 0.5) is 0 Å². The Morgan fingerprint density at radius 2 is 1.45 bits per heavy atom. The highest BCUT2D eigenvalue weighted by Crippen LogP contribution is 2.71. The zero-order chi connectivity index (χ0) is 21.8. The van der Waals surface area contributed by atoms with Gasteiger partial charge in [0.2, 0.25) is 0 Å². The van der Waals surface area contributed by atoms with E-state index in [1.807, 2.05) is 0 Å². The summed E-state index contributed by atoms with van der Waals surface area (Å²) in [6.45, 7) is 10.0. The third-order valence-electron chi connectivity index (χ3n) is 12.6. The maximum atomic E-state index is 11.3. The third-order valence-corrected chi connectivity index (χ3v) is 12.6. The Balaban J connectivity index is 1.28. The second-order valence-corrected chi connectivity index (χ2v) is 13.7. The first kappa shape index (κ1) is 21.4.